The topological polar surface area (TPSA) is 69.9 Å². The SMILES string of the molecule is COC1CCC(C(C)C)CC1C1CCC(C)C2C(O)C3C(C)C4(C)C(O)C(C(C)O)C(C)CC4(C)CC3(C)CC12. The molecule has 0 heterocycles. The van der Waals surface area contributed by atoms with Crippen LogP contribution in [0.2, 0.25) is 0 Å². The molecule has 0 saturated heterocycles. The van der Waals surface area contributed by atoms with Gasteiger partial charge in [0.05, 0.1) is 24.4 Å². The molecular weight excluding hydrogens is 496 g/mol. The molecule has 5 rings (SSSR count). The summed E-state index contributed by atoms with van der Waals surface area (Å²) < 4.78 is 6.21. The molecule has 5 fully saturated rings. The van der Waals surface area contributed by atoms with Crippen LogP contribution in [0.3, 0.4) is 0 Å². The number of ether oxygens (including phenoxy) is 1. The van der Waals surface area contributed by atoms with Gasteiger partial charge in [0.2, 0.25) is 0 Å². The van der Waals surface area contributed by atoms with Gasteiger partial charge < -0.3 is 20.1 Å². The maximum absolute atomic E-state index is 12.5. The first-order valence-electron chi connectivity index (χ1n) is 17.2. The second-order valence-electron chi connectivity index (χ2n) is 17.3. The van der Waals surface area contributed by atoms with Gasteiger partial charge in [-0.15, -0.1) is 0 Å². The first kappa shape index (κ1) is 31.3. The van der Waals surface area contributed by atoms with Crippen molar-refractivity contribution in [3.8, 4) is 0 Å². The van der Waals surface area contributed by atoms with Gasteiger partial charge in [-0.1, -0.05) is 61.8 Å². The summed E-state index contributed by atoms with van der Waals surface area (Å²) in [6.07, 6.45) is 8.49. The molecule has 17 unspecified atom stereocenters. The lowest BCUT2D eigenvalue weighted by molar-refractivity contribution is -0.281. The third-order valence-electron chi connectivity index (χ3n) is 15.1. The van der Waals surface area contributed by atoms with Crippen LogP contribution < -0.4 is 0 Å². The van der Waals surface area contributed by atoms with Crippen LogP contribution in [0.25, 0.3) is 0 Å². The number of methoxy groups -OCH3 is 1. The van der Waals surface area contributed by atoms with Crippen LogP contribution in [0.4, 0.5) is 0 Å². The summed E-state index contributed by atoms with van der Waals surface area (Å²) in [6.45, 7) is 20.9. The highest BCUT2D eigenvalue weighted by molar-refractivity contribution is 5.19. The lowest BCUT2D eigenvalue weighted by atomic mass is 9.34. The molecular formula is C36H64O4. The highest BCUT2D eigenvalue weighted by Crippen LogP contribution is 2.73. The van der Waals surface area contributed by atoms with E-state index in [9.17, 15) is 15.3 Å². The second-order valence-corrected chi connectivity index (χ2v) is 17.3. The normalized spacial score (nSPS) is 57.6. The Labute approximate surface area is 246 Å². The average Bonchev–Trinajstić information content (AvgIpc) is 2.85. The largest absolute Gasteiger partial charge is 0.393 e. The van der Waals surface area contributed by atoms with E-state index in [-0.39, 0.29) is 46.0 Å². The van der Waals surface area contributed by atoms with Gasteiger partial charge in [0.15, 0.2) is 0 Å². The maximum Gasteiger partial charge on any atom is 0.0656 e. The Bertz CT molecular complexity index is 903. The molecule has 0 bridgehead atoms. The van der Waals surface area contributed by atoms with Gasteiger partial charge in [-0.2, -0.15) is 0 Å². The van der Waals surface area contributed by atoms with Crippen molar-refractivity contribution < 1.29 is 20.1 Å². The van der Waals surface area contributed by atoms with Crippen LogP contribution in [0.5, 0.6) is 0 Å². The molecule has 0 radical (unpaired) electrons. The maximum atomic E-state index is 12.5. The molecule has 5 aliphatic rings. The summed E-state index contributed by atoms with van der Waals surface area (Å²) in [6, 6.07) is 0. The van der Waals surface area contributed by atoms with E-state index in [1.165, 1.54) is 38.5 Å². The minimum atomic E-state index is -0.556. The van der Waals surface area contributed by atoms with Gasteiger partial charge in [-0.25, -0.2) is 0 Å². The van der Waals surface area contributed by atoms with Gasteiger partial charge >= 0.3 is 0 Å². The Kier molecular flexibility index (Phi) is 8.42. The van der Waals surface area contributed by atoms with Crippen molar-refractivity contribution in [3.05, 3.63) is 0 Å². The highest BCUT2D eigenvalue weighted by atomic mass is 16.5. The van der Waals surface area contributed by atoms with Crippen molar-refractivity contribution >= 4 is 0 Å². The molecule has 0 aromatic carbocycles. The Morgan fingerprint density at radius 2 is 1.50 bits per heavy atom. The Hall–Kier alpha value is -0.160. The first-order chi connectivity index (χ1) is 18.6. The number of hydrogen-bond donors (Lipinski definition) is 3. The lowest BCUT2D eigenvalue weighted by Gasteiger charge is -2.72. The van der Waals surface area contributed by atoms with E-state index in [1.54, 1.807) is 0 Å². The fourth-order valence-electron chi connectivity index (χ4n) is 13.2. The molecule has 3 N–H and O–H groups in total. The fraction of sp³-hybridized carbons (Fsp3) is 1.00. The zero-order chi connectivity index (χ0) is 29.5. The second kappa shape index (κ2) is 10.8. The molecule has 0 aliphatic heterocycles. The zero-order valence-corrected chi connectivity index (χ0v) is 27.6. The zero-order valence-electron chi connectivity index (χ0n) is 27.6. The smallest absolute Gasteiger partial charge is 0.0656 e. The molecule has 0 amide bonds. The van der Waals surface area contributed by atoms with Crippen LogP contribution in [-0.4, -0.2) is 46.8 Å². The lowest BCUT2D eigenvalue weighted by Crippen LogP contribution is -2.70. The highest BCUT2D eigenvalue weighted by Gasteiger charge is 2.70. The predicted molar refractivity (Wildman–Crippen MR) is 163 cm³/mol. The van der Waals surface area contributed by atoms with E-state index in [4.69, 9.17) is 4.74 Å². The van der Waals surface area contributed by atoms with E-state index >= 15 is 0 Å². The molecule has 5 aliphatic carbocycles. The van der Waals surface area contributed by atoms with Crippen LogP contribution in [0.15, 0.2) is 0 Å². The minimum absolute atomic E-state index is 0.0210. The molecule has 17 atom stereocenters. The van der Waals surface area contributed by atoms with Crippen LogP contribution in [0, 0.1) is 81.3 Å². The van der Waals surface area contributed by atoms with Gasteiger partial charge in [0, 0.05) is 18.4 Å². The van der Waals surface area contributed by atoms with Crippen molar-refractivity contribution in [2.75, 3.05) is 7.11 Å². The van der Waals surface area contributed by atoms with Crippen LogP contribution >= 0.6 is 0 Å². The predicted octanol–water partition coefficient (Wildman–Crippen LogP) is 7.19. The summed E-state index contributed by atoms with van der Waals surface area (Å²) in [5.74, 6) is 4.68. The third kappa shape index (κ3) is 4.50. The standard InChI is InChI=1S/C36H64O4/c1-19(2)24-12-14-28(40-10)26(15-24)25-13-11-20(3)30-27(25)17-34(7)18-35(8)16-21(4)29(23(6)37)33(39)36(35,9)22(5)31(34)32(30)38/h19-33,37-39H,11-18H2,1-10H3. The third-order valence-corrected chi connectivity index (χ3v) is 15.1. The first-order valence-corrected chi connectivity index (χ1v) is 17.2. The average molecular weight is 561 g/mol. The van der Waals surface area contributed by atoms with E-state index in [1.807, 2.05) is 14.0 Å². The van der Waals surface area contributed by atoms with E-state index in [2.05, 4.69) is 55.4 Å². The molecule has 40 heavy (non-hydrogen) atoms. The van der Waals surface area contributed by atoms with Crippen molar-refractivity contribution in [2.24, 2.45) is 81.3 Å². The van der Waals surface area contributed by atoms with Crippen molar-refractivity contribution in [3.63, 3.8) is 0 Å². The Balaban J connectivity index is 1.52. The Morgan fingerprint density at radius 1 is 0.825 bits per heavy atom. The van der Waals surface area contributed by atoms with Gasteiger partial charge in [-0.3, -0.25) is 0 Å². The number of aliphatic hydroxyl groups is 3. The van der Waals surface area contributed by atoms with E-state index in [0.29, 0.717) is 35.7 Å². The summed E-state index contributed by atoms with van der Waals surface area (Å²) in [4.78, 5) is 0. The van der Waals surface area contributed by atoms with Crippen LogP contribution in [-0.2, 0) is 4.74 Å². The summed E-state index contributed by atoms with van der Waals surface area (Å²) in [5.41, 5.74) is -0.298. The molecule has 0 spiro atoms. The number of aliphatic hydroxyl groups excluding tert-OH is 3. The summed E-state index contributed by atoms with van der Waals surface area (Å²) in [7, 11) is 1.93. The van der Waals surface area contributed by atoms with Crippen molar-refractivity contribution in [1.29, 1.82) is 0 Å². The number of hydrogen-bond acceptors (Lipinski definition) is 4. The Morgan fingerprint density at radius 3 is 2.10 bits per heavy atom. The van der Waals surface area contributed by atoms with Crippen molar-refractivity contribution in [1.82, 2.24) is 0 Å². The molecule has 5 saturated carbocycles. The molecule has 232 valence electrons. The molecule has 4 heteroatoms. The summed E-state index contributed by atoms with van der Waals surface area (Å²) in [5, 5.41) is 35.3. The van der Waals surface area contributed by atoms with Gasteiger partial charge in [0.25, 0.3) is 0 Å². The summed E-state index contributed by atoms with van der Waals surface area (Å²) >= 11 is 0. The molecule has 0 aromatic heterocycles. The quantitative estimate of drug-likeness (QED) is 0.340. The molecule has 4 nitrogen and oxygen atoms in total. The minimum Gasteiger partial charge on any atom is -0.393 e. The molecule has 0 aromatic rings. The fourth-order valence-corrected chi connectivity index (χ4v) is 13.2. The van der Waals surface area contributed by atoms with Crippen molar-refractivity contribution in [2.45, 2.75) is 138 Å². The van der Waals surface area contributed by atoms with Gasteiger partial charge in [-0.05, 0) is 122 Å². The monoisotopic (exact) mass is 560 g/mol. The van der Waals surface area contributed by atoms with Gasteiger partial charge in [0.1, 0.15) is 0 Å². The number of rotatable bonds is 4. The van der Waals surface area contributed by atoms with Crippen LogP contribution in [0.1, 0.15) is 114 Å². The van der Waals surface area contributed by atoms with E-state index < -0.39 is 12.2 Å². The number of fused-ring (bicyclic) bond motifs is 3. The van der Waals surface area contributed by atoms with E-state index in [0.717, 1.165) is 24.7 Å².